The van der Waals surface area contributed by atoms with E-state index in [4.69, 9.17) is 9.84 Å². The molecule has 1 amide bonds. The summed E-state index contributed by atoms with van der Waals surface area (Å²) in [6.07, 6.45) is -0.296. The van der Waals surface area contributed by atoms with Gasteiger partial charge in [-0.2, -0.15) is 0 Å². The molecule has 0 aliphatic heterocycles. The Hall–Kier alpha value is -3.28. The maximum absolute atomic E-state index is 12.1. The second kappa shape index (κ2) is 7.53. The molecule has 0 fully saturated rings. The van der Waals surface area contributed by atoms with Crippen molar-refractivity contribution in [3.8, 4) is 0 Å². The number of aryl methyl sites for hydroxylation is 1. The van der Waals surface area contributed by atoms with E-state index in [1.807, 2.05) is 54.6 Å². The minimum atomic E-state index is -0.886. The van der Waals surface area contributed by atoms with Crippen LogP contribution in [0.15, 0.2) is 54.6 Å². The number of carbonyl (C=O) groups is 2. The summed E-state index contributed by atoms with van der Waals surface area (Å²) in [5.41, 5.74) is 2.48. The Bertz CT molecular complexity index is 887. The summed E-state index contributed by atoms with van der Waals surface area (Å²) in [4.78, 5) is 26.1. The molecule has 0 bridgehead atoms. The van der Waals surface area contributed by atoms with Crippen molar-refractivity contribution in [2.45, 2.75) is 19.4 Å². The number of H-pyrrole nitrogens is 1. The SMILES string of the molecule is O=C(O)CCc1c(NC(=O)OCc2ccccc2)[nH]c2ccccc12. The molecule has 3 rings (SSSR count). The molecule has 3 N–H and O–H groups in total. The van der Waals surface area contributed by atoms with Gasteiger partial charge in [0.25, 0.3) is 0 Å². The number of amides is 1. The highest BCUT2D eigenvalue weighted by molar-refractivity contribution is 5.94. The molecule has 6 nitrogen and oxygen atoms in total. The number of nitrogens with one attached hydrogen (secondary N) is 2. The number of aromatic amines is 1. The van der Waals surface area contributed by atoms with Crippen LogP contribution in [0.5, 0.6) is 0 Å². The predicted octanol–water partition coefficient (Wildman–Crippen LogP) is 3.93. The average Bonchev–Trinajstić information content (AvgIpc) is 2.96. The van der Waals surface area contributed by atoms with E-state index in [9.17, 15) is 9.59 Å². The van der Waals surface area contributed by atoms with E-state index in [0.29, 0.717) is 12.2 Å². The van der Waals surface area contributed by atoms with Gasteiger partial charge in [0.1, 0.15) is 12.4 Å². The minimum absolute atomic E-state index is 0.0183. The van der Waals surface area contributed by atoms with Gasteiger partial charge < -0.3 is 14.8 Å². The van der Waals surface area contributed by atoms with Crippen LogP contribution < -0.4 is 5.32 Å². The van der Waals surface area contributed by atoms with Crippen LogP contribution in [0.1, 0.15) is 17.5 Å². The number of hydrogen-bond acceptors (Lipinski definition) is 3. The maximum Gasteiger partial charge on any atom is 0.413 e. The Morgan fingerprint density at radius 1 is 1.04 bits per heavy atom. The van der Waals surface area contributed by atoms with Crippen molar-refractivity contribution in [2.75, 3.05) is 5.32 Å². The highest BCUT2D eigenvalue weighted by Crippen LogP contribution is 2.27. The Balaban J connectivity index is 1.74. The lowest BCUT2D eigenvalue weighted by Crippen LogP contribution is -2.15. The lowest BCUT2D eigenvalue weighted by molar-refractivity contribution is -0.136. The van der Waals surface area contributed by atoms with Crippen LogP contribution in [0.3, 0.4) is 0 Å². The molecule has 6 heteroatoms. The van der Waals surface area contributed by atoms with E-state index < -0.39 is 12.1 Å². The zero-order valence-corrected chi connectivity index (χ0v) is 13.5. The van der Waals surface area contributed by atoms with E-state index in [1.165, 1.54) is 0 Å². The molecule has 0 aliphatic carbocycles. The number of carboxylic acid groups (broad SMARTS) is 1. The van der Waals surface area contributed by atoms with Crippen molar-refractivity contribution < 1.29 is 19.4 Å². The molecule has 25 heavy (non-hydrogen) atoms. The number of aromatic nitrogens is 1. The number of fused-ring (bicyclic) bond motifs is 1. The summed E-state index contributed by atoms with van der Waals surface area (Å²) in [5.74, 6) is -0.414. The zero-order valence-electron chi connectivity index (χ0n) is 13.5. The third-order valence-electron chi connectivity index (χ3n) is 3.84. The number of aliphatic carboxylic acids is 1. The molecule has 0 atom stereocenters. The summed E-state index contributed by atoms with van der Waals surface area (Å²) in [6, 6.07) is 16.9. The molecule has 0 saturated heterocycles. The van der Waals surface area contributed by atoms with Crippen molar-refractivity contribution in [2.24, 2.45) is 0 Å². The van der Waals surface area contributed by atoms with Gasteiger partial charge in [0.2, 0.25) is 0 Å². The smallest absolute Gasteiger partial charge is 0.413 e. The van der Waals surface area contributed by atoms with Crippen molar-refractivity contribution in [1.29, 1.82) is 0 Å². The monoisotopic (exact) mass is 338 g/mol. The molecule has 0 unspecified atom stereocenters. The van der Waals surface area contributed by atoms with Crippen LogP contribution >= 0.6 is 0 Å². The van der Waals surface area contributed by atoms with Gasteiger partial charge in [-0.1, -0.05) is 48.5 Å². The van der Waals surface area contributed by atoms with Gasteiger partial charge in [-0.25, -0.2) is 4.79 Å². The molecule has 1 heterocycles. The normalized spacial score (nSPS) is 10.6. The minimum Gasteiger partial charge on any atom is -0.481 e. The number of anilines is 1. The summed E-state index contributed by atoms with van der Waals surface area (Å²) >= 11 is 0. The molecule has 1 aromatic heterocycles. The van der Waals surface area contributed by atoms with Crippen LogP contribution in [0.2, 0.25) is 0 Å². The van der Waals surface area contributed by atoms with E-state index in [1.54, 1.807) is 0 Å². The van der Waals surface area contributed by atoms with Crippen molar-refractivity contribution in [3.63, 3.8) is 0 Å². The topological polar surface area (TPSA) is 91.4 Å². The summed E-state index contributed by atoms with van der Waals surface area (Å²) in [6.45, 7) is 0.164. The van der Waals surface area contributed by atoms with Gasteiger partial charge in [0.15, 0.2) is 0 Å². The Morgan fingerprint density at radius 2 is 1.76 bits per heavy atom. The lowest BCUT2D eigenvalue weighted by Gasteiger charge is -2.08. The van der Waals surface area contributed by atoms with Gasteiger partial charge in [-0.3, -0.25) is 10.1 Å². The molecule has 3 aromatic rings. The molecule has 0 radical (unpaired) electrons. The van der Waals surface area contributed by atoms with Gasteiger partial charge in [0, 0.05) is 22.9 Å². The number of carbonyl (C=O) groups excluding carboxylic acids is 1. The van der Waals surface area contributed by atoms with Crippen LogP contribution in [0.4, 0.5) is 10.6 Å². The van der Waals surface area contributed by atoms with Crippen LogP contribution in [0, 0.1) is 0 Å². The fraction of sp³-hybridized carbons (Fsp3) is 0.158. The first-order chi connectivity index (χ1) is 12.1. The summed E-state index contributed by atoms with van der Waals surface area (Å²) < 4.78 is 5.22. The van der Waals surface area contributed by atoms with Crippen LogP contribution in [-0.2, 0) is 22.6 Å². The Kier molecular flexibility index (Phi) is 4.99. The Morgan fingerprint density at radius 3 is 2.52 bits per heavy atom. The molecular weight excluding hydrogens is 320 g/mol. The number of benzene rings is 2. The number of ether oxygens (including phenoxy) is 1. The first-order valence-electron chi connectivity index (χ1n) is 7.92. The molecular formula is C19H18N2O4. The lowest BCUT2D eigenvalue weighted by atomic mass is 10.1. The van der Waals surface area contributed by atoms with Crippen LogP contribution in [-0.4, -0.2) is 22.2 Å². The number of hydrogen-bond donors (Lipinski definition) is 3. The molecule has 0 spiro atoms. The molecule has 2 aromatic carbocycles. The van der Waals surface area contributed by atoms with Crippen molar-refractivity contribution >= 4 is 28.8 Å². The fourth-order valence-electron chi connectivity index (χ4n) is 2.66. The first kappa shape index (κ1) is 16.6. The standard InChI is InChI=1S/C19H18N2O4/c22-17(23)11-10-15-14-8-4-5-9-16(14)20-18(15)21-19(24)25-12-13-6-2-1-3-7-13/h1-9,20H,10-12H2,(H,21,24)(H,22,23). The largest absolute Gasteiger partial charge is 0.481 e. The van der Waals surface area contributed by atoms with E-state index in [0.717, 1.165) is 22.0 Å². The fourth-order valence-corrected chi connectivity index (χ4v) is 2.66. The maximum atomic E-state index is 12.1. The first-order valence-corrected chi connectivity index (χ1v) is 7.92. The summed E-state index contributed by atoms with van der Waals surface area (Å²) in [5, 5.41) is 12.5. The average molecular weight is 338 g/mol. The number of carboxylic acids is 1. The van der Waals surface area contributed by atoms with E-state index in [-0.39, 0.29) is 13.0 Å². The second-order valence-electron chi connectivity index (χ2n) is 5.60. The third kappa shape index (κ3) is 4.17. The van der Waals surface area contributed by atoms with Crippen molar-refractivity contribution in [1.82, 2.24) is 4.98 Å². The molecule has 0 saturated carbocycles. The quantitative estimate of drug-likeness (QED) is 0.635. The van der Waals surface area contributed by atoms with Crippen LogP contribution in [0.25, 0.3) is 10.9 Å². The number of rotatable bonds is 6. The summed E-state index contributed by atoms with van der Waals surface area (Å²) in [7, 11) is 0. The van der Waals surface area contributed by atoms with Gasteiger partial charge >= 0.3 is 12.1 Å². The zero-order chi connectivity index (χ0) is 17.6. The van der Waals surface area contributed by atoms with Gasteiger partial charge in [0.05, 0.1) is 0 Å². The van der Waals surface area contributed by atoms with Crippen molar-refractivity contribution in [3.05, 3.63) is 65.7 Å². The second-order valence-corrected chi connectivity index (χ2v) is 5.60. The van der Waals surface area contributed by atoms with E-state index >= 15 is 0 Å². The predicted molar refractivity (Wildman–Crippen MR) is 94.5 cm³/mol. The van der Waals surface area contributed by atoms with E-state index in [2.05, 4.69) is 10.3 Å². The highest BCUT2D eigenvalue weighted by Gasteiger charge is 2.15. The molecule has 128 valence electrons. The van der Waals surface area contributed by atoms with Gasteiger partial charge in [-0.15, -0.1) is 0 Å². The highest BCUT2D eigenvalue weighted by atomic mass is 16.5. The Labute approximate surface area is 144 Å². The molecule has 0 aliphatic rings. The number of para-hydroxylation sites is 1. The third-order valence-corrected chi connectivity index (χ3v) is 3.84. The van der Waals surface area contributed by atoms with Gasteiger partial charge in [-0.05, 0) is 18.1 Å².